The summed E-state index contributed by atoms with van der Waals surface area (Å²) < 4.78 is 5.34. The molecule has 3 rings (SSSR count). The first-order valence-electron chi connectivity index (χ1n) is 5.04. The van der Waals surface area contributed by atoms with E-state index in [2.05, 4.69) is 9.69 Å². The van der Waals surface area contributed by atoms with Crippen molar-refractivity contribution in [3.8, 4) is 0 Å². The van der Waals surface area contributed by atoms with E-state index in [0.29, 0.717) is 10.7 Å². The predicted octanol–water partition coefficient (Wildman–Crippen LogP) is 3.61. The lowest BCUT2D eigenvalue weighted by Crippen LogP contribution is -2.10. The van der Waals surface area contributed by atoms with E-state index < -0.39 is 0 Å². The SMILES string of the molecule is O=C(Nc1nsc2ccccc12)c1cccs1. The second-order valence-corrected chi connectivity index (χ2v) is 5.21. The molecular formula is C12H8N2OS2. The van der Waals surface area contributed by atoms with Gasteiger partial charge in [-0.1, -0.05) is 18.2 Å². The van der Waals surface area contributed by atoms with Crippen molar-refractivity contribution in [2.45, 2.75) is 0 Å². The quantitative estimate of drug-likeness (QED) is 0.764. The number of nitrogens with zero attached hydrogens (tertiary/aromatic N) is 1. The summed E-state index contributed by atoms with van der Waals surface area (Å²) in [5, 5.41) is 5.71. The summed E-state index contributed by atoms with van der Waals surface area (Å²) in [6, 6.07) is 11.5. The van der Waals surface area contributed by atoms with Crippen molar-refractivity contribution in [1.29, 1.82) is 0 Å². The fourth-order valence-corrected chi connectivity index (χ4v) is 2.91. The minimum Gasteiger partial charge on any atom is -0.304 e. The lowest BCUT2D eigenvalue weighted by molar-refractivity contribution is 0.103. The Morgan fingerprint density at radius 3 is 2.88 bits per heavy atom. The molecule has 0 bridgehead atoms. The Kier molecular flexibility index (Phi) is 2.62. The highest BCUT2D eigenvalue weighted by Gasteiger charge is 2.11. The Morgan fingerprint density at radius 1 is 1.18 bits per heavy atom. The van der Waals surface area contributed by atoms with E-state index in [1.165, 1.54) is 22.9 Å². The number of carbonyl (C=O) groups is 1. The average Bonchev–Trinajstić information content (AvgIpc) is 2.98. The van der Waals surface area contributed by atoms with E-state index in [0.717, 1.165) is 10.1 Å². The van der Waals surface area contributed by atoms with Crippen LogP contribution in [0.15, 0.2) is 41.8 Å². The van der Waals surface area contributed by atoms with Crippen LogP contribution in [0.4, 0.5) is 5.82 Å². The maximum atomic E-state index is 11.9. The summed E-state index contributed by atoms with van der Waals surface area (Å²) in [6.45, 7) is 0. The Bertz CT molecular complexity index is 658. The first kappa shape index (κ1) is 10.4. The van der Waals surface area contributed by atoms with Crippen molar-refractivity contribution >= 4 is 44.7 Å². The molecule has 0 fully saturated rings. The van der Waals surface area contributed by atoms with Crippen LogP contribution < -0.4 is 5.32 Å². The smallest absolute Gasteiger partial charge is 0.266 e. The molecule has 1 amide bonds. The maximum absolute atomic E-state index is 11.9. The minimum absolute atomic E-state index is 0.101. The van der Waals surface area contributed by atoms with Crippen LogP contribution in [0.1, 0.15) is 9.67 Å². The molecule has 17 heavy (non-hydrogen) atoms. The number of hydrogen-bond acceptors (Lipinski definition) is 4. The van der Waals surface area contributed by atoms with Gasteiger partial charge < -0.3 is 5.32 Å². The Morgan fingerprint density at radius 2 is 2.06 bits per heavy atom. The van der Waals surface area contributed by atoms with Gasteiger partial charge in [0.25, 0.3) is 5.91 Å². The lowest BCUT2D eigenvalue weighted by Gasteiger charge is -1.99. The number of hydrogen-bond donors (Lipinski definition) is 1. The summed E-state index contributed by atoms with van der Waals surface area (Å²) in [4.78, 5) is 12.6. The molecule has 0 aliphatic carbocycles. The van der Waals surface area contributed by atoms with Gasteiger partial charge in [0.2, 0.25) is 0 Å². The van der Waals surface area contributed by atoms with Gasteiger partial charge in [0.05, 0.1) is 9.58 Å². The van der Waals surface area contributed by atoms with Gasteiger partial charge in [-0.2, -0.15) is 4.37 Å². The van der Waals surface area contributed by atoms with Gasteiger partial charge in [-0.05, 0) is 35.1 Å². The van der Waals surface area contributed by atoms with Crippen molar-refractivity contribution in [3.05, 3.63) is 46.7 Å². The highest BCUT2D eigenvalue weighted by atomic mass is 32.1. The molecule has 3 nitrogen and oxygen atoms in total. The van der Waals surface area contributed by atoms with Gasteiger partial charge in [-0.25, -0.2) is 0 Å². The molecule has 1 N–H and O–H groups in total. The molecule has 3 aromatic rings. The van der Waals surface area contributed by atoms with Gasteiger partial charge in [-0.15, -0.1) is 11.3 Å². The van der Waals surface area contributed by atoms with Gasteiger partial charge in [0.1, 0.15) is 0 Å². The summed E-state index contributed by atoms with van der Waals surface area (Å²) in [5.74, 6) is 0.542. The number of benzene rings is 1. The number of anilines is 1. The zero-order valence-corrected chi connectivity index (χ0v) is 10.3. The largest absolute Gasteiger partial charge is 0.304 e. The maximum Gasteiger partial charge on any atom is 0.266 e. The fraction of sp³-hybridized carbons (Fsp3) is 0. The number of nitrogens with one attached hydrogen (secondary N) is 1. The lowest BCUT2D eigenvalue weighted by atomic mass is 10.2. The zero-order chi connectivity index (χ0) is 11.7. The standard InChI is InChI=1S/C12H8N2OS2/c15-12(10-6-3-7-16-10)13-11-8-4-1-2-5-9(8)17-14-11/h1-7H,(H,13,14,15). The molecule has 0 radical (unpaired) electrons. The van der Waals surface area contributed by atoms with Crippen molar-refractivity contribution < 1.29 is 4.79 Å². The number of aromatic nitrogens is 1. The third-order valence-electron chi connectivity index (χ3n) is 2.35. The highest BCUT2D eigenvalue weighted by molar-refractivity contribution is 7.14. The third kappa shape index (κ3) is 1.94. The normalized spacial score (nSPS) is 10.6. The van der Waals surface area contributed by atoms with Crippen molar-refractivity contribution in [2.24, 2.45) is 0 Å². The van der Waals surface area contributed by atoms with Gasteiger partial charge in [0, 0.05) is 5.39 Å². The summed E-state index contributed by atoms with van der Waals surface area (Å²) in [6.07, 6.45) is 0. The molecule has 0 aliphatic heterocycles. The van der Waals surface area contributed by atoms with E-state index in [4.69, 9.17) is 0 Å². The van der Waals surface area contributed by atoms with E-state index in [9.17, 15) is 4.79 Å². The zero-order valence-electron chi connectivity index (χ0n) is 8.71. The minimum atomic E-state index is -0.101. The van der Waals surface area contributed by atoms with Gasteiger partial charge in [-0.3, -0.25) is 4.79 Å². The van der Waals surface area contributed by atoms with Crippen LogP contribution in [0.3, 0.4) is 0 Å². The van der Waals surface area contributed by atoms with E-state index >= 15 is 0 Å². The monoisotopic (exact) mass is 260 g/mol. The van der Waals surface area contributed by atoms with E-state index in [1.54, 1.807) is 6.07 Å². The molecule has 0 unspecified atom stereocenters. The Hall–Kier alpha value is -1.72. The number of carbonyl (C=O) groups excluding carboxylic acids is 1. The molecule has 1 aromatic carbocycles. The molecule has 2 heterocycles. The average molecular weight is 260 g/mol. The molecule has 0 atom stereocenters. The molecule has 0 aliphatic rings. The Labute approximate surface area is 106 Å². The van der Waals surface area contributed by atoms with Crippen LogP contribution in [0.5, 0.6) is 0 Å². The molecular weight excluding hydrogens is 252 g/mol. The van der Waals surface area contributed by atoms with E-state index in [-0.39, 0.29) is 5.91 Å². The second kappa shape index (κ2) is 4.27. The highest BCUT2D eigenvalue weighted by Crippen LogP contribution is 2.26. The summed E-state index contributed by atoms with van der Waals surface area (Å²) in [5.41, 5.74) is 0. The predicted molar refractivity (Wildman–Crippen MR) is 71.9 cm³/mol. The first-order chi connectivity index (χ1) is 8.34. The molecule has 0 saturated carbocycles. The van der Waals surface area contributed by atoms with Crippen LogP contribution in [-0.4, -0.2) is 10.3 Å². The third-order valence-corrected chi connectivity index (χ3v) is 4.05. The van der Waals surface area contributed by atoms with Crippen molar-refractivity contribution in [2.75, 3.05) is 5.32 Å². The van der Waals surface area contributed by atoms with Gasteiger partial charge >= 0.3 is 0 Å². The van der Waals surface area contributed by atoms with Crippen molar-refractivity contribution in [3.63, 3.8) is 0 Å². The topological polar surface area (TPSA) is 42.0 Å². The van der Waals surface area contributed by atoms with Crippen LogP contribution in [0, 0.1) is 0 Å². The van der Waals surface area contributed by atoms with Crippen LogP contribution in [0.2, 0.25) is 0 Å². The molecule has 0 spiro atoms. The van der Waals surface area contributed by atoms with Crippen molar-refractivity contribution in [1.82, 2.24) is 4.37 Å². The number of rotatable bonds is 2. The van der Waals surface area contributed by atoms with Gasteiger partial charge in [0.15, 0.2) is 5.82 Å². The van der Waals surface area contributed by atoms with Crippen LogP contribution in [0.25, 0.3) is 10.1 Å². The molecule has 84 valence electrons. The Balaban J connectivity index is 1.93. The number of thiophene rings is 1. The summed E-state index contributed by atoms with van der Waals surface area (Å²) in [7, 11) is 0. The number of amides is 1. The first-order valence-corrected chi connectivity index (χ1v) is 6.69. The summed E-state index contributed by atoms with van der Waals surface area (Å²) >= 11 is 2.81. The number of fused-ring (bicyclic) bond motifs is 1. The van der Waals surface area contributed by atoms with Crippen LogP contribution >= 0.6 is 22.9 Å². The van der Waals surface area contributed by atoms with E-state index in [1.807, 2.05) is 35.7 Å². The fourth-order valence-electron chi connectivity index (χ4n) is 1.55. The molecule has 5 heteroatoms. The molecule has 0 saturated heterocycles. The van der Waals surface area contributed by atoms with Crippen LogP contribution in [-0.2, 0) is 0 Å². The molecule has 2 aromatic heterocycles. The second-order valence-electron chi connectivity index (χ2n) is 3.46.